The molecule has 0 saturated heterocycles. The maximum Gasteiger partial charge on any atom is 0.308 e. The van der Waals surface area contributed by atoms with E-state index in [0.717, 1.165) is 5.56 Å². The van der Waals surface area contributed by atoms with Gasteiger partial charge in [-0.05, 0) is 5.56 Å². The second-order valence-electron chi connectivity index (χ2n) is 5.10. The van der Waals surface area contributed by atoms with Crippen LogP contribution >= 0.6 is 0 Å². The molecule has 4 heteroatoms. The van der Waals surface area contributed by atoms with Crippen LogP contribution in [0.4, 0.5) is 0 Å². The van der Waals surface area contributed by atoms with E-state index in [1.165, 1.54) is 0 Å². The molecule has 1 N–H and O–H groups in total. The molecule has 1 aromatic rings. The van der Waals surface area contributed by atoms with Crippen molar-refractivity contribution in [3.05, 3.63) is 35.9 Å². The number of carbonyl (C=O) groups excluding carboxylic acids is 1. The van der Waals surface area contributed by atoms with Crippen LogP contribution in [0.2, 0.25) is 0 Å². The summed E-state index contributed by atoms with van der Waals surface area (Å²) in [6.45, 7) is 5.96. The number of hydrogen-bond acceptors (Lipinski definition) is 2. The van der Waals surface area contributed by atoms with E-state index in [1.807, 2.05) is 44.2 Å². The van der Waals surface area contributed by atoms with Crippen molar-refractivity contribution < 1.29 is 14.7 Å². The predicted molar refractivity (Wildman–Crippen MR) is 73.5 cm³/mol. The molecule has 1 rings (SSSR count). The number of carboxylic acid groups (broad SMARTS) is 1. The quantitative estimate of drug-likeness (QED) is 0.857. The number of nitrogens with zero attached hydrogens (tertiary/aromatic N) is 1. The Bertz CT molecular complexity index is 428. The van der Waals surface area contributed by atoms with Crippen molar-refractivity contribution in [2.75, 3.05) is 6.54 Å². The molecule has 0 fully saturated rings. The highest BCUT2D eigenvalue weighted by Gasteiger charge is 2.22. The molecule has 0 aliphatic carbocycles. The third kappa shape index (κ3) is 4.73. The fraction of sp³-hybridized carbons (Fsp3) is 0.467. The molecule has 1 unspecified atom stereocenters. The molecule has 1 atom stereocenters. The Hall–Kier alpha value is -1.84. The van der Waals surface area contributed by atoms with Crippen LogP contribution < -0.4 is 0 Å². The van der Waals surface area contributed by atoms with Crippen molar-refractivity contribution in [1.82, 2.24) is 4.90 Å². The number of carboxylic acids is 1. The zero-order chi connectivity index (χ0) is 14.4. The summed E-state index contributed by atoms with van der Waals surface area (Å²) in [6, 6.07) is 9.61. The van der Waals surface area contributed by atoms with E-state index in [2.05, 4.69) is 0 Å². The minimum atomic E-state index is -0.880. The van der Waals surface area contributed by atoms with Gasteiger partial charge in [-0.25, -0.2) is 0 Å². The molecule has 1 amide bonds. The Morgan fingerprint density at radius 3 is 2.21 bits per heavy atom. The van der Waals surface area contributed by atoms with Crippen LogP contribution in [-0.4, -0.2) is 28.4 Å². The first-order valence-corrected chi connectivity index (χ1v) is 6.47. The summed E-state index contributed by atoms with van der Waals surface area (Å²) in [5.74, 6) is -1.59. The average molecular weight is 263 g/mol. The molecule has 0 aliphatic heterocycles. The number of rotatable bonds is 6. The van der Waals surface area contributed by atoms with E-state index in [4.69, 9.17) is 5.11 Å². The van der Waals surface area contributed by atoms with E-state index >= 15 is 0 Å². The van der Waals surface area contributed by atoms with Gasteiger partial charge in [0.25, 0.3) is 0 Å². The van der Waals surface area contributed by atoms with Crippen molar-refractivity contribution in [2.45, 2.75) is 27.3 Å². The number of amides is 1. The zero-order valence-electron chi connectivity index (χ0n) is 11.7. The summed E-state index contributed by atoms with van der Waals surface area (Å²) < 4.78 is 0. The molecular weight excluding hydrogens is 242 g/mol. The van der Waals surface area contributed by atoms with Gasteiger partial charge < -0.3 is 10.0 Å². The molecule has 0 bridgehead atoms. The molecule has 0 aliphatic rings. The smallest absolute Gasteiger partial charge is 0.308 e. The second-order valence-corrected chi connectivity index (χ2v) is 5.10. The molecular formula is C15H21NO3. The van der Waals surface area contributed by atoms with Crippen LogP contribution in [-0.2, 0) is 16.1 Å². The van der Waals surface area contributed by atoms with Gasteiger partial charge in [0.05, 0.1) is 5.92 Å². The fourth-order valence-corrected chi connectivity index (χ4v) is 1.81. The van der Waals surface area contributed by atoms with Crippen molar-refractivity contribution in [3.63, 3.8) is 0 Å². The summed E-state index contributed by atoms with van der Waals surface area (Å²) >= 11 is 0. The third-order valence-corrected chi connectivity index (χ3v) is 2.94. The van der Waals surface area contributed by atoms with E-state index in [1.54, 1.807) is 11.8 Å². The summed E-state index contributed by atoms with van der Waals surface area (Å²) in [6.07, 6.45) is 0. The highest BCUT2D eigenvalue weighted by atomic mass is 16.4. The van der Waals surface area contributed by atoms with Gasteiger partial charge >= 0.3 is 5.97 Å². The Kier molecular flexibility index (Phi) is 5.55. The number of benzene rings is 1. The van der Waals surface area contributed by atoms with Gasteiger partial charge in [0.2, 0.25) is 5.91 Å². The first kappa shape index (κ1) is 15.2. The molecule has 4 nitrogen and oxygen atoms in total. The maximum absolute atomic E-state index is 12.1. The molecule has 104 valence electrons. The normalized spacial score (nSPS) is 12.2. The van der Waals surface area contributed by atoms with Crippen LogP contribution in [0.5, 0.6) is 0 Å². The number of aliphatic carboxylic acids is 1. The largest absolute Gasteiger partial charge is 0.481 e. The number of hydrogen-bond donors (Lipinski definition) is 1. The highest BCUT2D eigenvalue weighted by molar-refractivity contribution is 5.79. The second kappa shape index (κ2) is 6.92. The topological polar surface area (TPSA) is 57.6 Å². The van der Waals surface area contributed by atoms with E-state index in [-0.39, 0.29) is 18.4 Å². The van der Waals surface area contributed by atoms with E-state index in [0.29, 0.717) is 6.54 Å². The Labute approximate surface area is 114 Å². The van der Waals surface area contributed by atoms with Crippen molar-refractivity contribution in [1.29, 1.82) is 0 Å². The van der Waals surface area contributed by atoms with Gasteiger partial charge in [-0.3, -0.25) is 9.59 Å². The Morgan fingerprint density at radius 1 is 1.16 bits per heavy atom. The lowest BCUT2D eigenvalue weighted by atomic mass is 10.1. The van der Waals surface area contributed by atoms with Crippen molar-refractivity contribution in [2.24, 2.45) is 11.8 Å². The molecule has 0 spiro atoms. The van der Waals surface area contributed by atoms with E-state index in [9.17, 15) is 9.59 Å². The first-order valence-electron chi connectivity index (χ1n) is 6.47. The average Bonchev–Trinajstić information content (AvgIpc) is 2.37. The lowest BCUT2D eigenvalue weighted by Gasteiger charge is -2.26. The van der Waals surface area contributed by atoms with Crippen LogP contribution in [0.3, 0.4) is 0 Å². The highest BCUT2D eigenvalue weighted by Crippen LogP contribution is 2.11. The molecule has 0 aromatic heterocycles. The molecule has 0 heterocycles. The van der Waals surface area contributed by atoms with Crippen LogP contribution in [0, 0.1) is 11.8 Å². The summed E-state index contributed by atoms with van der Waals surface area (Å²) in [5.41, 5.74) is 1.01. The van der Waals surface area contributed by atoms with Crippen LogP contribution in [0.15, 0.2) is 30.3 Å². The first-order chi connectivity index (χ1) is 8.91. The Balaban J connectivity index is 2.81. The van der Waals surface area contributed by atoms with Crippen molar-refractivity contribution >= 4 is 11.9 Å². The fourth-order valence-electron chi connectivity index (χ4n) is 1.81. The van der Waals surface area contributed by atoms with Crippen LogP contribution in [0.25, 0.3) is 0 Å². The van der Waals surface area contributed by atoms with E-state index < -0.39 is 11.9 Å². The molecule has 1 aromatic carbocycles. The maximum atomic E-state index is 12.1. The van der Waals surface area contributed by atoms with Gasteiger partial charge in [0.15, 0.2) is 0 Å². The lowest BCUT2D eigenvalue weighted by Crippen LogP contribution is -2.38. The number of carbonyl (C=O) groups is 2. The predicted octanol–water partition coefficient (Wildman–Crippen LogP) is 2.39. The minimum Gasteiger partial charge on any atom is -0.481 e. The third-order valence-electron chi connectivity index (χ3n) is 2.94. The monoisotopic (exact) mass is 263 g/mol. The molecule has 0 saturated carbocycles. The van der Waals surface area contributed by atoms with Crippen LogP contribution in [0.1, 0.15) is 26.3 Å². The Morgan fingerprint density at radius 2 is 1.74 bits per heavy atom. The lowest BCUT2D eigenvalue weighted by molar-refractivity contribution is -0.144. The standard InChI is InChI=1S/C15H21NO3/c1-11(2)14(17)16(9-12(3)15(18)19)10-13-7-5-4-6-8-13/h4-8,11-12H,9-10H2,1-3H3,(H,18,19). The molecule has 19 heavy (non-hydrogen) atoms. The molecule has 0 radical (unpaired) electrons. The van der Waals surface area contributed by atoms with Gasteiger partial charge in [-0.1, -0.05) is 51.1 Å². The summed E-state index contributed by atoms with van der Waals surface area (Å²) in [7, 11) is 0. The summed E-state index contributed by atoms with van der Waals surface area (Å²) in [5, 5.41) is 8.98. The van der Waals surface area contributed by atoms with Gasteiger partial charge in [0, 0.05) is 19.0 Å². The SMILES string of the molecule is CC(C)C(=O)N(Cc1ccccc1)CC(C)C(=O)O. The van der Waals surface area contributed by atoms with Gasteiger partial charge in [0.1, 0.15) is 0 Å². The van der Waals surface area contributed by atoms with Gasteiger partial charge in [-0.15, -0.1) is 0 Å². The summed E-state index contributed by atoms with van der Waals surface area (Å²) in [4.78, 5) is 24.7. The van der Waals surface area contributed by atoms with Crippen molar-refractivity contribution in [3.8, 4) is 0 Å². The van der Waals surface area contributed by atoms with Gasteiger partial charge in [-0.2, -0.15) is 0 Å². The zero-order valence-corrected chi connectivity index (χ0v) is 11.7. The minimum absolute atomic E-state index is 0.0167.